The molecule has 98 valence electrons. The van der Waals surface area contributed by atoms with E-state index in [2.05, 4.69) is 40.7 Å². The standard InChI is InChI=1S/C14H21N3O/c1-3-16-14(15-2)17-8-6-11-4-5-13-12(10-11)7-9-18-13/h4-5,10H,3,6-9H2,1-2H3,(H2,15,16,17). The summed E-state index contributed by atoms with van der Waals surface area (Å²) in [7, 11) is 1.79. The molecule has 2 N–H and O–H groups in total. The molecule has 2 rings (SSSR count). The molecule has 1 aliphatic rings. The predicted octanol–water partition coefficient (Wildman–Crippen LogP) is 1.35. The van der Waals surface area contributed by atoms with Gasteiger partial charge in [-0.25, -0.2) is 0 Å². The number of rotatable bonds is 4. The first-order valence-corrected chi connectivity index (χ1v) is 6.52. The van der Waals surface area contributed by atoms with Crippen LogP contribution in [0.4, 0.5) is 0 Å². The Balaban J connectivity index is 1.83. The average Bonchev–Trinajstić information content (AvgIpc) is 2.85. The number of nitrogens with zero attached hydrogens (tertiary/aromatic N) is 1. The number of guanidine groups is 1. The highest BCUT2D eigenvalue weighted by Crippen LogP contribution is 2.25. The molecular weight excluding hydrogens is 226 g/mol. The summed E-state index contributed by atoms with van der Waals surface area (Å²) in [6.45, 7) is 4.66. The Morgan fingerprint density at radius 2 is 2.28 bits per heavy atom. The van der Waals surface area contributed by atoms with Crippen molar-refractivity contribution >= 4 is 5.96 Å². The maximum absolute atomic E-state index is 5.50. The van der Waals surface area contributed by atoms with Crippen LogP contribution in [0.5, 0.6) is 5.75 Å². The van der Waals surface area contributed by atoms with Gasteiger partial charge >= 0.3 is 0 Å². The zero-order chi connectivity index (χ0) is 12.8. The lowest BCUT2D eigenvalue weighted by Crippen LogP contribution is -2.38. The molecule has 4 nitrogen and oxygen atoms in total. The van der Waals surface area contributed by atoms with Crippen molar-refractivity contribution in [3.05, 3.63) is 29.3 Å². The lowest BCUT2D eigenvalue weighted by Gasteiger charge is -2.10. The summed E-state index contributed by atoms with van der Waals surface area (Å²) in [6, 6.07) is 6.47. The van der Waals surface area contributed by atoms with Gasteiger partial charge in [-0.1, -0.05) is 12.1 Å². The fourth-order valence-corrected chi connectivity index (χ4v) is 2.11. The molecule has 0 aromatic heterocycles. The minimum atomic E-state index is 0.824. The van der Waals surface area contributed by atoms with Crippen molar-refractivity contribution < 1.29 is 4.74 Å². The van der Waals surface area contributed by atoms with Gasteiger partial charge in [-0.2, -0.15) is 0 Å². The molecule has 0 fully saturated rings. The summed E-state index contributed by atoms with van der Waals surface area (Å²) in [6.07, 6.45) is 2.04. The zero-order valence-electron chi connectivity index (χ0n) is 11.1. The second-order valence-corrected chi connectivity index (χ2v) is 4.32. The van der Waals surface area contributed by atoms with E-state index in [1.807, 2.05) is 0 Å². The second-order valence-electron chi connectivity index (χ2n) is 4.32. The van der Waals surface area contributed by atoms with E-state index in [4.69, 9.17) is 4.74 Å². The number of ether oxygens (including phenoxy) is 1. The topological polar surface area (TPSA) is 45.7 Å². The van der Waals surface area contributed by atoms with E-state index < -0.39 is 0 Å². The van der Waals surface area contributed by atoms with Crippen molar-refractivity contribution in [1.82, 2.24) is 10.6 Å². The molecule has 0 radical (unpaired) electrons. The number of hydrogen-bond acceptors (Lipinski definition) is 2. The summed E-state index contributed by atoms with van der Waals surface area (Å²) >= 11 is 0. The van der Waals surface area contributed by atoms with E-state index in [1.165, 1.54) is 11.1 Å². The highest BCUT2D eigenvalue weighted by molar-refractivity contribution is 5.79. The maximum atomic E-state index is 5.50. The van der Waals surface area contributed by atoms with Crippen LogP contribution < -0.4 is 15.4 Å². The van der Waals surface area contributed by atoms with E-state index in [-0.39, 0.29) is 0 Å². The maximum Gasteiger partial charge on any atom is 0.190 e. The predicted molar refractivity (Wildman–Crippen MR) is 74.4 cm³/mol. The molecule has 4 heteroatoms. The van der Waals surface area contributed by atoms with Crippen molar-refractivity contribution in [1.29, 1.82) is 0 Å². The smallest absolute Gasteiger partial charge is 0.190 e. The van der Waals surface area contributed by atoms with E-state index in [1.54, 1.807) is 7.05 Å². The van der Waals surface area contributed by atoms with Crippen molar-refractivity contribution in [2.45, 2.75) is 19.8 Å². The van der Waals surface area contributed by atoms with Crippen LogP contribution in [-0.2, 0) is 12.8 Å². The molecule has 1 aromatic carbocycles. The summed E-state index contributed by atoms with van der Waals surface area (Å²) in [4.78, 5) is 4.14. The van der Waals surface area contributed by atoms with Crippen LogP contribution in [0.1, 0.15) is 18.1 Å². The van der Waals surface area contributed by atoms with Gasteiger partial charge < -0.3 is 15.4 Å². The minimum Gasteiger partial charge on any atom is -0.493 e. The zero-order valence-corrected chi connectivity index (χ0v) is 11.1. The van der Waals surface area contributed by atoms with Crippen LogP contribution >= 0.6 is 0 Å². The highest BCUT2D eigenvalue weighted by atomic mass is 16.5. The Kier molecular flexibility index (Phi) is 4.45. The largest absolute Gasteiger partial charge is 0.493 e. The average molecular weight is 247 g/mol. The first kappa shape index (κ1) is 12.7. The Morgan fingerprint density at radius 1 is 1.39 bits per heavy atom. The normalized spacial score (nSPS) is 14.0. The summed E-state index contributed by atoms with van der Waals surface area (Å²) in [5.41, 5.74) is 2.68. The third-order valence-corrected chi connectivity index (χ3v) is 3.03. The van der Waals surface area contributed by atoms with Gasteiger partial charge in [0.05, 0.1) is 6.61 Å². The molecule has 0 bridgehead atoms. The first-order valence-electron chi connectivity index (χ1n) is 6.52. The fraction of sp³-hybridized carbons (Fsp3) is 0.500. The quantitative estimate of drug-likeness (QED) is 0.623. The number of aliphatic imine (C=N–C) groups is 1. The van der Waals surface area contributed by atoms with Gasteiger partial charge in [0, 0.05) is 26.6 Å². The third kappa shape index (κ3) is 3.15. The Bertz CT molecular complexity index is 429. The van der Waals surface area contributed by atoms with Gasteiger partial charge in [-0.15, -0.1) is 0 Å². The monoisotopic (exact) mass is 247 g/mol. The number of hydrogen-bond donors (Lipinski definition) is 2. The molecule has 0 amide bonds. The summed E-state index contributed by atoms with van der Waals surface area (Å²) in [5.74, 6) is 1.91. The van der Waals surface area contributed by atoms with Crippen molar-refractivity contribution in [2.75, 3.05) is 26.7 Å². The summed E-state index contributed by atoms with van der Waals surface area (Å²) < 4.78 is 5.50. The van der Waals surface area contributed by atoms with E-state index in [0.29, 0.717) is 0 Å². The Hall–Kier alpha value is -1.71. The molecule has 1 heterocycles. The minimum absolute atomic E-state index is 0.824. The number of fused-ring (bicyclic) bond motifs is 1. The molecule has 1 aromatic rings. The van der Waals surface area contributed by atoms with Gasteiger partial charge in [0.1, 0.15) is 5.75 Å². The summed E-state index contributed by atoms with van der Waals surface area (Å²) in [5, 5.41) is 6.47. The van der Waals surface area contributed by atoms with Crippen molar-refractivity contribution in [3.8, 4) is 5.75 Å². The van der Waals surface area contributed by atoms with Crippen LogP contribution in [0.25, 0.3) is 0 Å². The van der Waals surface area contributed by atoms with Gasteiger partial charge in [-0.3, -0.25) is 4.99 Å². The van der Waals surface area contributed by atoms with Crippen LogP contribution in [0.3, 0.4) is 0 Å². The molecule has 1 aliphatic heterocycles. The van der Waals surface area contributed by atoms with Crippen molar-refractivity contribution in [2.24, 2.45) is 4.99 Å². The Labute approximate surface area is 108 Å². The molecule has 0 saturated carbocycles. The Morgan fingerprint density at radius 3 is 3.06 bits per heavy atom. The second kappa shape index (κ2) is 6.28. The van der Waals surface area contributed by atoms with E-state index >= 15 is 0 Å². The molecule has 18 heavy (non-hydrogen) atoms. The third-order valence-electron chi connectivity index (χ3n) is 3.03. The van der Waals surface area contributed by atoms with E-state index in [9.17, 15) is 0 Å². The van der Waals surface area contributed by atoms with Crippen LogP contribution in [0.15, 0.2) is 23.2 Å². The van der Waals surface area contributed by atoms with Gasteiger partial charge in [-0.05, 0) is 30.5 Å². The van der Waals surface area contributed by atoms with Gasteiger partial charge in [0.25, 0.3) is 0 Å². The fourth-order valence-electron chi connectivity index (χ4n) is 2.11. The lowest BCUT2D eigenvalue weighted by molar-refractivity contribution is 0.357. The lowest BCUT2D eigenvalue weighted by atomic mass is 10.1. The van der Waals surface area contributed by atoms with Gasteiger partial charge in [0.15, 0.2) is 5.96 Å². The van der Waals surface area contributed by atoms with E-state index in [0.717, 1.165) is 44.2 Å². The molecule has 0 spiro atoms. The molecular formula is C14H21N3O. The highest BCUT2D eigenvalue weighted by Gasteiger charge is 2.11. The number of benzene rings is 1. The molecule has 0 saturated heterocycles. The number of nitrogens with one attached hydrogen (secondary N) is 2. The molecule has 0 atom stereocenters. The molecule has 0 aliphatic carbocycles. The van der Waals surface area contributed by atoms with Crippen LogP contribution in [0, 0.1) is 0 Å². The first-order chi connectivity index (χ1) is 8.83. The molecule has 0 unspecified atom stereocenters. The van der Waals surface area contributed by atoms with Crippen molar-refractivity contribution in [3.63, 3.8) is 0 Å². The SMILES string of the molecule is CCNC(=NC)NCCc1ccc2c(c1)CCO2. The van der Waals surface area contributed by atoms with Crippen LogP contribution in [-0.4, -0.2) is 32.7 Å². The van der Waals surface area contributed by atoms with Crippen LogP contribution in [0.2, 0.25) is 0 Å². The van der Waals surface area contributed by atoms with Gasteiger partial charge in [0.2, 0.25) is 0 Å².